The minimum Gasteiger partial charge on any atom is -0.454 e. The quantitative estimate of drug-likeness (QED) is 0.814. The standard InChI is InChI=1S/C22H28N4O3/c1-16-3-6-18(7-4-16)24-22(27)23-14-19(26-11-9-25(2)10-12-26)17-5-8-20-21(13-17)29-15-28-20/h3-8,13,19H,9-12,14-15H2,1-2H3,(H2,23,24,27). The fraction of sp³-hybridized carbons (Fsp3) is 0.409. The lowest BCUT2D eigenvalue weighted by Gasteiger charge is -2.38. The molecule has 7 heteroatoms. The third-order valence-electron chi connectivity index (χ3n) is 5.53. The number of hydrogen-bond acceptors (Lipinski definition) is 5. The van der Waals surface area contributed by atoms with Crippen LogP contribution in [-0.4, -0.2) is 62.4 Å². The lowest BCUT2D eigenvalue weighted by molar-refractivity contribution is 0.111. The number of carbonyl (C=O) groups is 1. The maximum atomic E-state index is 12.5. The van der Waals surface area contributed by atoms with Crippen LogP contribution in [0.1, 0.15) is 17.2 Å². The third-order valence-corrected chi connectivity index (χ3v) is 5.53. The number of benzene rings is 2. The van der Waals surface area contributed by atoms with E-state index in [4.69, 9.17) is 9.47 Å². The molecule has 0 radical (unpaired) electrons. The van der Waals surface area contributed by atoms with Crippen molar-refractivity contribution >= 4 is 11.7 Å². The van der Waals surface area contributed by atoms with E-state index in [9.17, 15) is 4.79 Å². The number of rotatable bonds is 5. The zero-order valence-corrected chi connectivity index (χ0v) is 17.0. The molecule has 1 atom stereocenters. The Morgan fingerprint density at radius 2 is 1.76 bits per heavy atom. The van der Waals surface area contributed by atoms with Gasteiger partial charge in [-0.05, 0) is 43.8 Å². The Balaban J connectivity index is 1.45. The number of piperazine rings is 1. The number of likely N-dealkylation sites (N-methyl/N-ethyl adjacent to an activating group) is 1. The second-order valence-corrected chi connectivity index (χ2v) is 7.67. The summed E-state index contributed by atoms with van der Waals surface area (Å²) in [4.78, 5) is 17.2. The van der Waals surface area contributed by atoms with Crippen LogP contribution in [-0.2, 0) is 0 Å². The van der Waals surface area contributed by atoms with Crippen LogP contribution in [0.2, 0.25) is 0 Å². The van der Waals surface area contributed by atoms with Crippen molar-refractivity contribution in [1.82, 2.24) is 15.1 Å². The number of nitrogens with one attached hydrogen (secondary N) is 2. The Morgan fingerprint density at radius 1 is 1.03 bits per heavy atom. The molecule has 1 unspecified atom stereocenters. The maximum absolute atomic E-state index is 12.5. The topological polar surface area (TPSA) is 66.1 Å². The van der Waals surface area contributed by atoms with Gasteiger partial charge in [0.05, 0.1) is 6.04 Å². The first-order chi connectivity index (χ1) is 14.1. The largest absolute Gasteiger partial charge is 0.454 e. The van der Waals surface area contributed by atoms with Crippen LogP contribution in [0.3, 0.4) is 0 Å². The number of urea groups is 1. The number of anilines is 1. The summed E-state index contributed by atoms with van der Waals surface area (Å²) >= 11 is 0. The van der Waals surface area contributed by atoms with E-state index in [1.807, 2.05) is 43.3 Å². The molecule has 2 aliphatic rings. The van der Waals surface area contributed by atoms with Crippen LogP contribution in [0.25, 0.3) is 0 Å². The first kappa shape index (κ1) is 19.5. The Kier molecular flexibility index (Phi) is 5.87. The molecule has 7 nitrogen and oxygen atoms in total. The molecule has 2 heterocycles. The van der Waals surface area contributed by atoms with E-state index >= 15 is 0 Å². The summed E-state index contributed by atoms with van der Waals surface area (Å²) in [6.45, 7) is 6.73. The van der Waals surface area contributed by atoms with Gasteiger partial charge in [0.15, 0.2) is 11.5 Å². The first-order valence-electron chi connectivity index (χ1n) is 10.0. The number of amides is 2. The van der Waals surface area contributed by atoms with E-state index in [-0.39, 0.29) is 18.9 Å². The predicted molar refractivity (Wildman–Crippen MR) is 113 cm³/mol. The van der Waals surface area contributed by atoms with Gasteiger partial charge in [-0.15, -0.1) is 0 Å². The molecule has 0 aromatic heterocycles. The Morgan fingerprint density at radius 3 is 2.52 bits per heavy atom. The number of ether oxygens (including phenoxy) is 2. The molecule has 29 heavy (non-hydrogen) atoms. The van der Waals surface area contributed by atoms with Crippen LogP contribution in [0.15, 0.2) is 42.5 Å². The van der Waals surface area contributed by atoms with Gasteiger partial charge in [-0.2, -0.15) is 0 Å². The minimum absolute atomic E-state index is 0.0713. The molecule has 2 amide bonds. The summed E-state index contributed by atoms with van der Waals surface area (Å²) in [6, 6.07) is 13.7. The van der Waals surface area contributed by atoms with Gasteiger partial charge in [0.1, 0.15) is 0 Å². The van der Waals surface area contributed by atoms with E-state index in [0.717, 1.165) is 54.5 Å². The van der Waals surface area contributed by atoms with Crippen LogP contribution < -0.4 is 20.1 Å². The van der Waals surface area contributed by atoms with Crippen LogP contribution in [0.4, 0.5) is 10.5 Å². The minimum atomic E-state index is -0.200. The highest BCUT2D eigenvalue weighted by Gasteiger charge is 2.26. The molecule has 2 aromatic rings. The number of hydrogen-bond donors (Lipinski definition) is 2. The molecule has 2 aromatic carbocycles. The van der Waals surface area contributed by atoms with Crippen molar-refractivity contribution in [3.63, 3.8) is 0 Å². The summed E-state index contributed by atoms with van der Waals surface area (Å²) in [7, 11) is 2.14. The lowest BCUT2D eigenvalue weighted by atomic mass is 10.0. The second kappa shape index (κ2) is 8.71. The molecule has 0 aliphatic carbocycles. The molecule has 0 spiro atoms. The Labute approximate surface area is 171 Å². The van der Waals surface area contributed by atoms with E-state index < -0.39 is 0 Å². The van der Waals surface area contributed by atoms with Gasteiger partial charge in [-0.1, -0.05) is 23.8 Å². The molecule has 1 saturated heterocycles. The maximum Gasteiger partial charge on any atom is 0.319 e. The fourth-order valence-corrected chi connectivity index (χ4v) is 3.71. The summed E-state index contributed by atoms with van der Waals surface area (Å²) < 4.78 is 11.0. The molecule has 4 rings (SSSR count). The summed E-state index contributed by atoms with van der Waals surface area (Å²) in [5, 5.41) is 5.95. The predicted octanol–water partition coefficient (Wildman–Crippen LogP) is 2.83. The van der Waals surface area contributed by atoms with Crippen molar-refractivity contribution < 1.29 is 14.3 Å². The van der Waals surface area contributed by atoms with Crippen LogP contribution >= 0.6 is 0 Å². The van der Waals surface area contributed by atoms with E-state index in [1.165, 1.54) is 0 Å². The molecule has 0 saturated carbocycles. The van der Waals surface area contributed by atoms with E-state index in [0.29, 0.717) is 6.54 Å². The molecule has 154 valence electrons. The number of carbonyl (C=O) groups excluding carboxylic acids is 1. The average Bonchev–Trinajstić information content (AvgIpc) is 3.19. The smallest absolute Gasteiger partial charge is 0.319 e. The lowest BCUT2D eigenvalue weighted by Crippen LogP contribution is -2.48. The van der Waals surface area contributed by atoms with Crippen molar-refractivity contribution in [2.75, 3.05) is 51.9 Å². The molecule has 1 fully saturated rings. The molecular weight excluding hydrogens is 368 g/mol. The molecule has 2 N–H and O–H groups in total. The molecule has 2 aliphatic heterocycles. The highest BCUT2D eigenvalue weighted by atomic mass is 16.7. The van der Waals surface area contributed by atoms with E-state index in [2.05, 4.69) is 33.5 Å². The Hall–Kier alpha value is -2.77. The average molecular weight is 396 g/mol. The SMILES string of the molecule is Cc1ccc(NC(=O)NCC(c2ccc3c(c2)OCO3)N2CCN(C)CC2)cc1. The van der Waals surface area contributed by atoms with Crippen molar-refractivity contribution in [2.24, 2.45) is 0 Å². The summed E-state index contributed by atoms with van der Waals surface area (Å²) in [5.74, 6) is 1.54. The van der Waals surface area contributed by atoms with Gasteiger partial charge in [-0.3, -0.25) is 4.90 Å². The van der Waals surface area contributed by atoms with Crippen molar-refractivity contribution in [2.45, 2.75) is 13.0 Å². The monoisotopic (exact) mass is 396 g/mol. The van der Waals surface area contributed by atoms with Crippen molar-refractivity contribution in [1.29, 1.82) is 0 Å². The number of aryl methyl sites for hydroxylation is 1. The second-order valence-electron chi connectivity index (χ2n) is 7.67. The highest BCUT2D eigenvalue weighted by molar-refractivity contribution is 5.89. The molecule has 0 bridgehead atoms. The van der Waals surface area contributed by atoms with Crippen molar-refractivity contribution in [3.8, 4) is 11.5 Å². The number of nitrogens with zero attached hydrogens (tertiary/aromatic N) is 2. The number of fused-ring (bicyclic) bond motifs is 1. The summed E-state index contributed by atoms with van der Waals surface area (Å²) in [6.07, 6.45) is 0. The fourth-order valence-electron chi connectivity index (χ4n) is 3.71. The zero-order chi connectivity index (χ0) is 20.2. The van der Waals surface area contributed by atoms with Gasteiger partial charge in [0.2, 0.25) is 6.79 Å². The van der Waals surface area contributed by atoms with Gasteiger partial charge in [0, 0.05) is 38.4 Å². The Bertz CT molecular complexity index is 848. The van der Waals surface area contributed by atoms with Gasteiger partial charge in [-0.25, -0.2) is 4.79 Å². The molecular formula is C22H28N4O3. The summed E-state index contributed by atoms with van der Waals surface area (Å²) in [5.41, 5.74) is 3.07. The van der Waals surface area contributed by atoms with Crippen LogP contribution in [0.5, 0.6) is 11.5 Å². The van der Waals surface area contributed by atoms with Crippen LogP contribution in [0, 0.1) is 6.92 Å². The first-order valence-corrected chi connectivity index (χ1v) is 10.0. The van der Waals surface area contributed by atoms with Crippen molar-refractivity contribution in [3.05, 3.63) is 53.6 Å². The van der Waals surface area contributed by atoms with E-state index in [1.54, 1.807) is 0 Å². The zero-order valence-electron chi connectivity index (χ0n) is 17.0. The third kappa shape index (κ3) is 4.81. The van der Waals surface area contributed by atoms with Gasteiger partial charge >= 0.3 is 6.03 Å². The highest BCUT2D eigenvalue weighted by Crippen LogP contribution is 2.35. The van der Waals surface area contributed by atoms with Gasteiger partial charge in [0.25, 0.3) is 0 Å². The normalized spacial score (nSPS) is 17.7. The van der Waals surface area contributed by atoms with Gasteiger partial charge < -0.3 is 25.0 Å².